The number of hydrogen-bond donors (Lipinski definition) is 1. The van der Waals surface area contributed by atoms with Gasteiger partial charge < -0.3 is 14.6 Å². The topological polar surface area (TPSA) is 62.6 Å². The summed E-state index contributed by atoms with van der Waals surface area (Å²) in [4.78, 5) is 25.9. The molecule has 1 aliphatic heterocycles. The van der Waals surface area contributed by atoms with Gasteiger partial charge in [-0.15, -0.1) is 0 Å². The van der Waals surface area contributed by atoms with E-state index < -0.39 is 0 Å². The van der Waals surface area contributed by atoms with Crippen LogP contribution in [0.25, 0.3) is 11.0 Å². The number of halogens is 1. The van der Waals surface area contributed by atoms with Gasteiger partial charge in [-0.2, -0.15) is 0 Å². The van der Waals surface area contributed by atoms with Crippen LogP contribution in [-0.2, 0) is 9.59 Å². The zero-order valence-electron chi connectivity index (χ0n) is 15.0. The molecule has 0 bridgehead atoms. The van der Waals surface area contributed by atoms with Crippen molar-refractivity contribution in [2.24, 2.45) is 5.92 Å². The lowest BCUT2D eigenvalue weighted by Gasteiger charge is -2.31. The molecule has 2 aromatic rings. The minimum Gasteiger partial charge on any atom is -0.459 e. The summed E-state index contributed by atoms with van der Waals surface area (Å²) in [5, 5.41) is 3.71. The second-order valence-corrected chi connectivity index (χ2v) is 6.77. The van der Waals surface area contributed by atoms with Gasteiger partial charge >= 0.3 is 0 Å². The number of carbonyl (C=O) groups excluding carboxylic acids is 2. The molecule has 138 valence electrons. The fourth-order valence-electron chi connectivity index (χ4n) is 3.51. The van der Waals surface area contributed by atoms with E-state index in [4.69, 9.17) is 4.42 Å². The summed E-state index contributed by atoms with van der Waals surface area (Å²) in [7, 11) is 0. The normalized spacial score (nSPS) is 16.5. The van der Waals surface area contributed by atoms with Gasteiger partial charge in [0.15, 0.2) is 0 Å². The van der Waals surface area contributed by atoms with Gasteiger partial charge in [0.1, 0.15) is 17.2 Å². The first-order valence-electron chi connectivity index (χ1n) is 8.81. The highest BCUT2D eigenvalue weighted by Crippen LogP contribution is 2.30. The lowest BCUT2D eigenvalue weighted by molar-refractivity contribution is -0.132. The van der Waals surface area contributed by atoms with E-state index in [1.807, 2.05) is 13.8 Å². The number of fused-ring (bicyclic) bond motifs is 1. The highest BCUT2D eigenvalue weighted by molar-refractivity contribution is 5.87. The Balaban J connectivity index is 1.66. The maximum Gasteiger partial charge on any atom is 0.245 e. The fraction of sp³-hybridized carbons (Fsp3) is 0.400. The van der Waals surface area contributed by atoms with Gasteiger partial charge in [-0.1, -0.05) is 6.58 Å². The molecule has 1 N–H and O–H groups in total. The van der Waals surface area contributed by atoms with Crippen molar-refractivity contribution in [1.82, 2.24) is 10.2 Å². The molecule has 1 saturated heterocycles. The molecule has 0 saturated carbocycles. The molecule has 1 atom stereocenters. The Bertz CT molecular complexity index is 850. The molecule has 1 unspecified atom stereocenters. The number of furan rings is 1. The molecular weight excluding hydrogens is 335 g/mol. The molecule has 26 heavy (non-hydrogen) atoms. The summed E-state index contributed by atoms with van der Waals surface area (Å²) in [5.41, 5.74) is 1.44. The van der Waals surface area contributed by atoms with Crippen molar-refractivity contribution in [2.75, 3.05) is 13.1 Å². The average molecular weight is 358 g/mol. The number of nitrogens with zero attached hydrogens (tertiary/aromatic N) is 1. The molecule has 1 fully saturated rings. The van der Waals surface area contributed by atoms with E-state index in [-0.39, 0.29) is 29.6 Å². The van der Waals surface area contributed by atoms with Gasteiger partial charge in [-0.25, -0.2) is 4.39 Å². The Kier molecular flexibility index (Phi) is 5.11. The average Bonchev–Trinajstić information content (AvgIpc) is 2.97. The molecule has 1 aromatic heterocycles. The summed E-state index contributed by atoms with van der Waals surface area (Å²) >= 11 is 0. The molecule has 3 rings (SSSR count). The molecule has 2 amide bonds. The second-order valence-electron chi connectivity index (χ2n) is 6.77. The SMILES string of the molecule is C=CC(=O)N1CCC(C(=O)NC(C)c2oc3ccc(F)cc3c2C)CC1. The van der Waals surface area contributed by atoms with E-state index in [1.165, 1.54) is 18.2 Å². The van der Waals surface area contributed by atoms with Crippen LogP contribution >= 0.6 is 0 Å². The quantitative estimate of drug-likeness (QED) is 0.851. The number of carbonyl (C=O) groups is 2. The number of likely N-dealkylation sites (tertiary alicyclic amines) is 1. The Morgan fingerprint density at radius 2 is 2.08 bits per heavy atom. The lowest BCUT2D eigenvalue weighted by atomic mass is 9.95. The highest BCUT2D eigenvalue weighted by Gasteiger charge is 2.28. The van der Waals surface area contributed by atoms with E-state index in [1.54, 1.807) is 11.0 Å². The van der Waals surface area contributed by atoms with E-state index in [2.05, 4.69) is 11.9 Å². The third-order valence-corrected chi connectivity index (χ3v) is 5.04. The highest BCUT2D eigenvalue weighted by atomic mass is 19.1. The first-order chi connectivity index (χ1) is 12.4. The molecule has 1 aliphatic rings. The number of amides is 2. The van der Waals surface area contributed by atoms with Gasteiger partial charge in [-0.3, -0.25) is 9.59 Å². The Labute approximate surface area is 151 Å². The van der Waals surface area contributed by atoms with Crippen LogP contribution < -0.4 is 5.32 Å². The van der Waals surface area contributed by atoms with Gasteiger partial charge in [0, 0.05) is 30.0 Å². The standard InChI is InChI=1S/C20H23FN2O3/c1-4-18(24)23-9-7-14(8-10-23)20(25)22-13(3)19-12(2)16-11-15(21)5-6-17(16)26-19/h4-6,11,13-14H,1,7-10H2,2-3H3,(H,22,25). The summed E-state index contributed by atoms with van der Waals surface area (Å²) < 4.78 is 19.3. The van der Waals surface area contributed by atoms with Crippen LogP contribution in [0.2, 0.25) is 0 Å². The number of hydrogen-bond acceptors (Lipinski definition) is 3. The molecule has 6 heteroatoms. The number of nitrogens with one attached hydrogen (secondary N) is 1. The van der Waals surface area contributed by atoms with E-state index >= 15 is 0 Å². The van der Waals surface area contributed by atoms with Crippen LogP contribution in [-0.4, -0.2) is 29.8 Å². The van der Waals surface area contributed by atoms with Crippen LogP contribution in [0.4, 0.5) is 4.39 Å². The molecule has 0 aliphatic carbocycles. The number of piperidine rings is 1. The zero-order chi connectivity index (χ0) is 18.8. The van der Waals surface area contributed by atoms with Gasteiger partial charge in [0.25, 0.3) is 0 Å². The fourth-order valence-corrected chi connectivity index (χ4v) is 3.51. The smallest absolute Gasteiger partial charge is 0.245 e. The van der Waals surface area contributed by atoms with Crippen molar-refractivity contribution in [3.63, 3.8) is 0 Å². The molecule has 5 nitrogen and oxygen atoms in total. The predicted molar refractivity (Wildman–Crippen MR) is 97.0 cm³/mol. The van der Waals surface area contributed by atoms with E-state index in [9.17, 15) is 14.0 Å². The summed E-state index contributed by atoms with van der Waals surface area (Å²) in [6, 6.07) is 4.09. The van der Waals surface area contributed by atoms with Crippen molar-refractivity contribution >= 4 is 22.8 Å². The van der Waals surface area contributed by atoms with E-state index in [0.29, 0.717) is 37.3 Å². The maximum absolute atomic E-state index is 13.4. The second kappa shape index (κ2) is 7.32. The van der Waals surface area contributed by atoms with Gasteiger partial charge in [-0.05, 0) is 51.0 Å². The number of benzene rings is 1. The van der Waals surface area contributed by atoms with Gasteiger partial charge in [0.05, 0.1) is 6.04 Å². The van der Waals surface area contributed by atoms with Crippen molar-refractivity contribution in [1.29, 1.82) is 0 Å². The molecular formula is C20H23FN2O3. The third-order valence-electron chi connectivity index (χ3n) is 5.04. The number of aryl methyl sites for hydroxylation is 1. The third kappa shape index (κ3) is 3.49. The summed E-state index contributed by atoms with van der Waals surface area (Å²) in [5.74, 6) is 0.0498. The van der Waals surface area contributed by atoms with Crippen LogP contribution in [0.5, 0.6) is 0 Å². The molecule has 2 heterocycles. The zero-order valence-corrected chi connectivity index (χ0v) is 15.0. The Hall–Kier alpha value is -2.63. The van der Waals surface area contributed by atoms with Crippen molar-refractivity contribution < 1.29 is 18.4 Å². The van der Waals surface area contributed by atoms with Gasteiger partial charge in [0.2, 0.25) is 11.8 Å². The summed E-state index contributed by atoms with van der Waals surface area (Å²) in [6.45, 7) is 8.32. The lowest BCUT2D eigenvalue weighted by Crippen LogP contribution is -2.43. The Morgan fingerprint density at radius 1 is 1.38 bits per heavy atom. The summed E-state index contributed by atoms with van der Waals surface area (Å²) in [6.07, 6.45) is 2.56. The Morgan fingerprint density at radius 3 is 2.73 bits per heavy atom. The minimum absolute atomic E-state index is 0.0470. The van der Waals surface area contributed by atoms with Crippen molar-refractivity contribution in [3.05, 3.63) is 48.0 Å². The van der Waals surface area contributed by atoms with Crippen LogP contribution in [0, 0.1) is 18.7 Å². The van der Waals surface area contributed by atoms with Crippen LogP contribution in [0.3, 0.4) is 0 Å². The van der Waals surface area contributed by atoms with Crippen molar-refractivity contribution in [2.45, 2.75) is 32.7 Å². The van der Waals surface area contributed by atoms with Crippen molar-refractivity contribution in [3.8, 4) is 0 Å². The number of rotatable bonds is 4. The van der Waals surface area contributed by atoms with E-state index in [0.717, 1.165) is 10.9 Å². The molecule has 0 spiro atoms. The first-order valence-corrected chi connectivity index (χ1v) is 8.81. The molecule has 1 aromatic carbocycles. The first kappa shape index (κ1) is 18.2. The molecule has 0 radical (unpaired) electrons. The minimum atomic E-state index is -0.314. The maximum atomic E-state index is 13.4. The monoisotopic (exact) mass is 358 g/mol. The van der Waals surface area contributed by atoms with Crippen LogP contribution in [0.15, 0.2) is 35.3 Å². The van der Waals surface area contributed by atoms with Crippen LogP contribution in [0.1, 0.15) is 37.1 Å². The largest absolute Gasteiger partial charge is 0.459 e. The predicted octanol–water partition coefficient (Wildman–Crippen LogP) is 3.48.